The monoisotopic (exact) mass is 283 g/mol. The van der Waals surface area contributed by atoms with Crippen molar-refractivity contribution in [1.82, 2.24) is 4.90 Å². The summed E-state index contributed by atoms with van der Waals surface area (Å²) in [6.45, 7) is 3.74. The smallest absolute Gasteiger partial charge is 0.263 e. The molecule has 1 aliphatic rings. The quantitative estimate of drug-likeness (QED) is 0.857. The van der Waals surface area contributed by atoms with Crippen molar-refractivity contribution in [2.75, 3.05) is 13.1 Å². The van der Waals surface area contributed by atoms with Crippen molar-refractivity contribution in [3.63, 3.8) is 0 Å². The molecule has 0 radical (unpaired) electrons. The molecule has 2 aromatic rings. The molecule has 0 N–H and O–H groups in total. The normalized spacial score (nSPS) is 16.1. The van der Waals surface area contributed by atoms with Gasteiger partial charge in [-0.15, -0.1) is 0 Å². The van der Waals surface area contributed by atoms with Crippen molar-refractivity contribution in [1.29, 1.82) is 0 Å². The molecule has 1 aliphatic heterocycles. The van der Waals surface area contributed by atoms with Crippen molar-refractivity contribution in [2.24, 2.45) is 0 Å². The van der Waals surface area contributed by atoms with Gasteiger partial charge in [0.15, 0.2) is 6.10 Å². The zero-order valence-electron chi connectivity index (χ0n) is 12.4. The predicted octanol–water partition coefficient (Wildman–Crippen LogP) is 3.62. The summed E-state index contributed by atoms with van der Waals surface area (Å²) in [5, 5.41) is 2.20. The minimum absolute atomic E-state index is 0.128. The van der Waals surface area contributed by atoms with E-state index in [-0.39, 0.29) is 12.0 Å². The molecule has 3 heteroatoms. The van der Waals surface area contributed by atoms with Gasteiger partial charge in [0.2, 0.25) is 0 Å². The first-order valence-corrected chi connectivity index (χ1v) is 7.73. The zero-order chi connectivity index (χ0) is 14.7. The number of ether oxygens (including phenoxy) is 1. The van der Waals surface area contributed by atoms with Gasteiger partial charge in [-0.2, -0.15) is 0 Å². The van der Waals surface area contributed by atoms with Gasteiger partial charge in [-0.05, 0) is 30.7 Å². The van der Waals surface area contributed by atoms with Crippen LogP contribution in [-0.2, 0) is 4.79 Å². The molecule has 1 fully saturated rings. The van der Waals surface area contributed by atoms with E-state index in [2.05, 4.69) is 12.1 Å². The molecular weight excluding hydrogens is 262 g/mol. The molecule has 110 valence electrons. The van der Waals surface area contributed by atoms with Crippen molar-refractivity contribution in [3.05, 3.63) is 42.5 Å². The zero-order valence-corrected chi connectivity index (χ0v) is 12.4. The van der Waals surface area contributed by atoms with Gasteiger partial charge in [0, 0.05) is 18.5 Å². The highest BCUT2D eigenvalue weighted by Gasteiger charge is 2.26. The maximum atomic E-state index is 12.5. The molecular formula is C18H21NO2. The van der Waals surface area contributed by atoms with E-state index < -0.39 is 0 Å². The molecule has 0 aliphatic carbocycles. The Bertz CT molecular complexity index is 627. The molecule has 0 saturated carbocycles. The molecule has 3 rings (SSSR count). The van der Waals surface area contributed by atoms with Gasteiger partial charge in [0.05, 0.1) is 0 Å². The number of benzene rings is 2. The highest BCUT2D eigenvalue weighted by atomic mass is 16.5. The van der Waals surface area contributed by atoms with Crippen LogP contribution in [-0.4, -0.2) is 30.0 Å². The Balaban J connectivity index is 1.83. The predicted molar refractivity (Wildman–Crippen MR) is 84.5 cm³/mol. The minimum Gasteiger partial charge on any atom is -0.480 e. The molecule has 1 atom stereocenters. The van der Waals surface area contributed by atoms with Crippen LogP contribution >= 0.6 is 0 Å². The van der Waals surface area contributed by atoms with Crippen LogP contribution in [0.2, 0.25) is 0 Å². The van der Waals surface area contributed by atoms with Gasteiger partial charge in [-0.3, -0.25) is 4.79 Å². The lowest BCUT2D eigenvalue weighted by Crippen LogP contribution is -2.40. The van der Waals surface area contributed by atoms with Gasteiger partial charge in [0.25, 0.3) is 5.91 Å². The largest absolute Gasteiger partial charge is 0.480 e. The standard InChI is InChI=1S/C18H21NO2/c1-2-16(18(20)19-12-5-6-13-19)21-17-11-7-9-14-8-3-4-10-15(14)17/h3-4,7-11,16H,2,5-6,12-13H2,1H3/t16-/m0/s1. The van der Waals surface area contributed by atoms with Gasteiger partial charge >= 0.3 is 0 Å². The highest BCUT2D eigenvalue weighted by molar-refractivity contribution is 5.89. The second-order valence-electron chi connectivity index (χ2n) is 5.52. The Kier molecular flexibility index (Phi) is 4.09. The first-order chi connectivity index (χ1) is 10.3. The molecule has 1 amide bonds. The van der Waals surface area contributed by atoms with Crippen LogP contribution in [0.4, 0.5) is 0 Å². The number of fused-ring (bicyclic) bond motifs is 1. The fourth-order valence-corrected chi connectivity index (χ4v) is 2.90. The molecule has 1 heterocycles. The average Bonchev–Trinajstić information content (AvgIpc) is 3.06. The lowest BCUT2D eigenvalue weighted by molar-refractivity contribution is -0.137. The number of nitrogens with zero attached hydrogens (tertiary/aromatic N) is 1. The fourth-order valence-electron chi connectivity index (χ4n) is 2.90. The van der Waals surface area contributed by atoms with Crippen LogP contribution in [0.25, 0.3) is 10.8 Å². The first kappa shape index (κ1) is 13.9. The number of carbonyl (C=O) groups is 1. The number of hydrogen-bond donors (Lipinski definition) is 0. The van der Waals surface area contributed by atoms with Gasteiger partial charge in [-0.25, -0.2) is 0 Å². The summed E-state index contributed by atoms with van der Waals surface area (Å²) in [6.07, 6.45) is 2.53. The lowest BCUT2D eigenvalue weighted by atomic mass is 10.1. The second kappa shape index (κ2) is 6.17. The number of hydrogen-bond acceptors (Lipinski definition) is 2. The van der Waals surface area contributed by atoms with Gasteiger partial charge < -0.3 is 9.64 Å². The Labute approximate surface area is 125 Å². The molecule has 1 saturated heterocycles. The van der Waals surface area contributed by atoms with Gasteiger partial charge in [0.1, 0.15) is 5.75 Å². The maximum Gasteiger partial charge on any atom is 0.263 e. The van der Waals surface area contributed by atoms with E-state index in [0.717, 1.165) is 42.5 Å². The van der Waals surface area contributed by atoms with E-state index in [9.17, 15) is 4.79 Å². The van der Waals surface area contributed by atoms with Crippen LogP contribution in [0.1, 0.15) is 26.2 Å². The van der Waals surface area contributed by atoms with E-state index >= 15 is 0 Å². The van der Waals surface area contributed by atoms with Crippen molar-refractivity contribution < 1.29 is 9.53 Å². The van der Waals surface area contributed by atoms with Crippen molar-refractivity contribution in [3.8, 4) is 5.75 Å². The molecule has 21 heavy (non-hydrogen) atoms. The number of carbonyl (C=O) groups excluding carboxylic acids is 1. The van der Waals surface area contributed by atoms with E-state index in [0.29, 0.717) is 6.42 Å². The highest BCUT2D eigenvalue weighted by Crippen LogP contribution is 2.27. The van der Waals surface area contributed by atoms with Crippen LogP contribution < -0.4 is 4.74 Å². The summed E-state index contributed by atoms with van der Waals surface area (Å²) >= 11 is 0. The minimum atomic E-state index is -0.381. The van der Waals surface area contributed by atoms with Crippen LogP contribution in [0.3, 0.4) is 0 Å². The number of likely N-dealkylation sites (tertiary alicyclic amines) is 1. The number of rotatable bonds is 4. The van der Waals surface area contributed by atoms with E-state index in [1.165, 1.54) is 0 Å². The molecule has 0 aromatic heterocycles. The molecule has 0 spiro atoms. The molecule has 3 nitrogen and oxygen atoms in total. The fraction of sp³-hybridized carbons (Fsp3) is 0.389. The lowest BCUT2D eigenvalue weighted by Gasteiger charge is -2.23. The maximum absolute atomic E-state index is 12.5. The summed E-state index contributed by atoms with van der Waals surface area (Å²) < 4.78 is 6.06. The Morgan fingerprint density at radius 1 is 1.14 bits per heavy atom. The third kappa shape index (κ3) is 2.87. The van der Waals surface area contributed by atoms with E-state index in [1.807, 2.05) is 42.2 Å². The number of amides is 1. The summed E-state index contributed by atoms with van der Waals surface area (Å²) in [4.78, 5) is 14.4. The van der Waals surface area contributed by atoms with Crippen molar-refractivity contribution in [2.45, 2.75) is 32.3 Å². The molecule has 2 aromatic carbocycles. The van der Waals surface area contributed by atoms with E-state index in [4.69, 9.17) is 4.74 Å². The Hall–Kier alpha value is -2.03. The summed E-state index contributed by atoms with van der Waals surface area (Å²) in [5.74, 6) is 0.926. The van der Waals surface area contributed by atoms with E-state index in [1.54, 1.807) is 0 Å². The molecule has 0 unspecified atom stereocenters. The Morgan fingerprint density at radius 3 is 2.62 bits per heavy atom. The third-order valence-corrected chi connectivity index (χ3v) is 4.08. The summed E-state index contributed by atoms with van der Waals surface area (Å²) in [7, 11) is 0. The molecule has 0 bridgehead atoms. The van der Waals surface area contributed by atoms with Gasteiger partial charge in [-0.1, -0.05) is 43.3 Å². The SMILES string of the molecule is CC[C@H](Oc1cccc2ccccc12)C(=O)N1CCCC1. The van der Waals surface area contributed by atoms with Crippen LogP contribution in [0.15, 0.2) is 42.5 Å². The summed E-state index contributed by atoms with van der Waals surface area (Å²) in [6, 6.07) is 14.1. The summed E-state index contributed by atoms with van der Waals surface area (Å²) in [5.41, 5.74) is 0. The second-order valence-corrected chi connectivity index (χ2v) is 5.52. The average molecular weight is 283 g/mol. The van der Waals surface area contributed by atoms with Crippen LogP contribution in [0, 0.1) is 0 Å². The Morgan fingerprint density at radius 2 is 1.86 bits per heavy atom. The van der Waals surface area contributed by atoms with Crippen molar-refractivity contribution >= 4 is 16.7 Å². The topological polar surface area (TPSA) is 29.5 Å². The first-order valence-electron chi connectivity index (χ1n) is 7.73. The third-order valence-electron chi connectivity index (χ3n) is 4.08. The van der Waals surface area contributed by atoms with Crippen LogP contribution in [0.5, 0.6) is 5.75 Å².